The van der Waals surface area contributed by atoms with E-state index in [9.17, 15) is 9.59 Å². The number of allylic oxidation sites excluding steroid dienone is 4. The third-order valence-electron chi connectivity index (χ3n) is 2.62. The van der Waals surface area contributed by atoms with Crippen molar-refractivity contribution in [3.05, 3.63) is 48.6 Å². The Hall–Kier alpha value is -2.10. The lowest BCUT2D eigenvalue weighted by Crippen LogP contribution is -2.21. The number of carboxylic acids is 2. The molecule has 0 aromatic rings. The van der Waals surface area contributed by atoms with Gasteiger partial charge in [0.05, 0.1) is 0 Å². The molecule has 0 aliphatic rings. The van der Waals surface area contributed by atoms with Crippen LogP contribution in [0.25, 0.3) is 0 Å². The lowest BCUT2D eigenvalue weighted by Gasteiger charge is -2.23. The highest BCUT2D eigenvalue weighted by atomic mass is 16.4. The maximum atomic E-state index is 11.0. The summed E-state index contributed by atoms with van der Waals surface area (Å²) in [6.45, 7) is 10.3. The predicted molar refractivity (Wildman–Crippen MR) is 70.2 cm³/mol. The first-order valence-corrected chi connectivity index (χ1v) is 5.46. The van der Waals surface area contributed by atoms with Crippen molar-refractivity contribution >= 4 is 11.9 Å². The summed E-state index contributed by atoms with van der Waals surface area (Å²) in [6.07, 6.45) is 6.34. The van der Waals surface area contributed by atoms with Crippen LogP contribution in [0.4, 0.5) is 0 Å². The van der Waals surface area contributed by atoms with E-state index < -0.39 is 17.4 Å². The van der Waals surface area contributed by atoms with Gasteiger partial charge in [0.2, 0.25) is 0 Å². The number of rotatable bonds is 7. The molecular weight excluding hydrogens is 232 g/mol. The Morgan fingerprint density at radius 2 is 1.83 bits per heavy atom. The molecule has 0 heterocycles. The van der Waals surface area contributed by atoms with Crippen LogP contribution in [0.5, 0.6) is 0 Å². The summed E-state index contributed by atoms with van der Waals surface area (Å²) in [5.74, 6) is -2.22. The summed E-state index contributed by atoms with van der Waals surface area (Å²) in [5.41, 5.74) is -0.995. The average Bonchev–Trinajstić information content (AvgIpc) is 2.32. The van der Waals surface area contributed by atoms with Crippen molar-refractivity contribution in [1.82, 2.24) is 0 Å². The van der Waals surface area contributed by atoms with Crippen LogP contribution >= 0.6 is 0 Å². The minimum Gasteiger partial charge on any atom is -0.478 e. The van der Waals surface area contributed by atoms with E-state index >= 15 is 0 Å². The van der Waals surface area contributed by atoms with Gasteiger partial charge >= 0.3 is 11.9 Å². The molecule has 4 heteroatoms. The number of hydrogen-bond acceptors (Lipinski definition) is 2. The summed E-state index contributed by atoms with van der Waals surface area (Å²) < 4.78 is 0. The zero-order chi connectivity index (χ0) is 14.3. The Balaban J connectivity index is 5.68. The summed E-state index contributed by atoms with van der Waals surface area (Å²) in [4.78, 5) is 22.0. The largest absolute Gasteiger partial charge is 0.478 e. The van der Waals surface area contributed by atoms with E-state index in [-0.39, 0.29) is 11.1 Å². The van der Waals surface area contributed by atoms with Crippen molar-refractivity contribution in [2.24, 2.45) is 5.41 Å². The molecule has 0 fully saturated rings. The zero-order valence-electron chi connectivity index (χ0n) is 10.6. The van der Waals surface area contributed by atoms with Gasteiger partial charge in [0.15, 0.2) is 0 Å². The summed E-state index contributed by atoms with van der Waals surface area (Å²) >= 11 is 0. The maximum Gasteiger partial charge on any atom is 0.332 e. The van der Waals surface area contributed by atoms with Gasteiger partial charge in [-0.1, -0.05) is 44.4 Å². The lowest BCUT2D eigenvalue weighted by molar-refractivity contribution is -0.134. The molecule has 0 saturated carbocycles. The van der Waals surface area contributed by atoms with Gasteiger partial charge in [0.25, 0.3) is 0 Å². The van der Waals surface area contributed by atoms with Crippen LogP contribution in [-0.4, -0.2) is 22.2 Å². The number of carboxylic acid groups (broad SMARTS) is 2. The van der Waals surface area contributed by atoms with Gasteiger partial charge < -0.3 is 10.2 Å². The van der Waals surface area contributed by atoms with E-state index in [0.29, 0.717) is 6.42 Å². The van der Waals surface area contributed by atoms with Crippen LogP contribution in [0, 0.1) is 5.41 Å². The van der Waals surface area contributed by atoms with Crippen molar-refractivity contribution in [2.75, 3.05) is 0 Å². The third-order valence-corrected chi connectivity index (χ3v) is 2.62. The van der Waals surface area contributed by atoms with E-state index in [4.69, 9.17) is 10.2 Å². The molecular formula is C14H18O4. The molecule has 0 aliphatic heterocycles. The van der Waals surface area contributed by atoms with Crippen LogP contribution in [0.15, 0.2) is 48.6 Å². The van der Waals surface area contributed by atoms with Gasteiger partial charge in [0, 0.05) is 16.6 Å². The molecule has 98 valence electrons. The average molecular weight is 250 g/mol. The van der Waals surface area contributed by atoms with Crippen molar-refractivity contribution in [3.8, 4) is 0 Å². The first-order chi connectivity index (χ1) is 8.28. The van der Waals surface area contributed by atoms with Crippen molar-refractivity contribution in [1.29, 1.82) is 0 Å². The van der Waals surface area contributed by atoms with Crippen LogP contribution in [0.1, 0.15) is 20.3 Å². The molecule has 0 saturated heterocycles. The van der Waals surface area contributed by atoms with E-state index in [2.05, 4.69) is 13.2 Å². The monoisotopic (exact) mass is 250 g/mol. The Labute approximate surface area is 107 Å². The first kappa shape index (κ1) is 15.9. The van der Waals surface area contributed by atoms with E-state index in [1.165, 1.54) is 12.2 Å². The van der Waals surface area contributed by atoms with E-state index in [0.717, 1.165) is 0 Å². The van der Waals surface area contributed by atoms with Crippen molar-refractivity contribution < 1.29 is 19.8 Å². The molecule has 1 atom stereocenters. The minimum atomic E-state index is -1.16. The van der Waals surface area contributed by atoms with Crippen LogP contribution in [-0.2, 0) is 9.59 Å². The summed E-state index contributed by atoms with van der Waals surface area (Å²) in [6, 6.07) is 0. The third kappa shape index (κ3) is 4.05. The highest BCUT2D eigenvalue weighted by molar-refractivity contribution is 5.90. The van der Waals surface area contributed by atoms with Crippen molar-refractivity contribution in [2.45, 2.75) is 20.3 Å². The maximum absolute atomic E-state index is 11.0. The molecule has 0 spiro atoms. The van der Waals surface area contributed by atoms with Crippen molar-refractivity contribution in [3.63, 3.8) is 0 Å². The van der Waals surface area contributed by atoms with Gasteiger partial charge in [-0.15, -0.1) is 0 Å². The molecule has 4 nitrogen and oxygen atoms in total. The minimum absolute atomic E-state index is 0.0900. The van der Waals surface area contributed by atoms with Crippen LogP contribution in [0.3, 0.4) is 0 Å². The SMILES string of the molecule is C=CC=CC(C)(C=C(CC)C(=O)O)C(=C)C(=O)O. The molecule has 0 bridgehead atoms. The lowest BCUT2D eigenvalue weighted by atomic mass is 9.80. The predicted octanol–water partition coefficient (Wildman–Crippen LogP) is 2.80. The van der Waals surface area contributed by atoms with Crippen LogP contribution in [0.2, 0.25) is 0 Å². The first-order valence-electron chi connectivity index (χ1n) is 5.46. The second kappa shape index (κ2) is 6.59. The highest BCUT2D eigenvalue weighted by Crippen LogP contribution is 2.31. The van der Waals surface area contributed by atoms with E-state index in [1.54, 1.807) is 26.0 Å². The van der Waals surface area contributed by atoms with Gasteiger partial charge in [-0.05, 0) is 13.3 Å². The van der Waals surface area contributed by atoms with Gasteiger partial charge in [-0.25, -0.2) is 9.59 Å². The summed E-state index contributed by atoms with van der Waals surface area (Å²) in [5, 5.41) is 18.0. The molecule has 18 heavy (non-hydrogen) atoms. The quantitative estimate of drug-likeness (QED) is 0.538. The number of carbonyl (C=O) groups is 2. The fourth-order valence-corrected chi connectivity index (χ4v) is 1.41. The Morgan fingerprint density at radius 1 is 1.28 bits per heavy atom. The molecule has 2 N–H and O–H groups in total. The molecule has 0 aliphatic carbocycles. The standard InChI is InChI=1S/C14H18O4/c1-5-7-8-14(4,10(3)12(15)16)9-11(6-2)13(17)18/h5,7-9H,1,3,6H2,2,4H3,(H,15,16)(H,17,18). The van der Waals surface area contributed by atoms with Gasteiger partial charge in [0.1, 0.15) is 0 Å². The summed E-state index contributed by atoms with van der Waals surface area (Å²) in [7, 11) is 0. The molecule has 0 radical (unpaired) electrons. The normalized spacial score (nSPS) is 15.1. The molecule has 1 unspecified atom stereocenters. The number of aliphatic carboxylic acids is 2. The van der Waals surface area contributed by atoms with Gasteiger partial charge in [-0.3, -0.25) is 0 Å². The Morgan fingerprint density at radius 3 is 2.17 bits per heavy atom. The Kier molecular flexibility index (Phi) is 5.82. The van der Waals surface area contributed by atoms with Gasteiger partial charge in [-0.2, -0.15) is 0 Å². The highest BCUT2D eigenvalue weighted by Gasteiger charge is 2.28. The second-order valence-corrected chi connectivity index (χ2v) is 3.99. The number of hydrogen-bond donors (Lipinski definition) is 2. The topological polar surface area (TPSA) is 74.6 Å². The smallest absolute Gasteiger partial charge is 0.332 e. The zero-order valence-corrected chi connectivity index (χ0v) is 10.6. The molecule has 0 aromatic carbocycles. The molecule has 0 aromatic heterocycles. The fraction of sp³-hybridized carbons (Fsp3) is 0.286. The Bertz CT molecular complexity index is 429. The second-order valence-electron chi connectivity index (χ2n) is 3.99. The van der Waals surface area contributed by atoms with E-state index in [1.807, 2.05) is 0 Å². The molecule has 0 rings (SSSR count). The molecule has 0 amide bonds. The fourth-order valence-electron chi connectivity index (χ4n) is 1.41. The van der Waals surface area contributed by atoms with Crippen LogP contribution < -0.4 is 0 Å².